The van der Waals surface area contributed by atoms with Gasteiger partial charge in [0.2, 0.25) is 5.91 Å². The number of aliphatic hydroxyl groups is 1. The van der Waals surface area contributed by atoms with E-state index < -0.39 is 6.10 Å². The van der Waals surface area contributed by atoms with Crippen molar-refractivity contribution in [3.05, 3.63) is 34.9 Å². The number of rotatable bonds is 7. The molecule has 0 radical (unpaired) electrons. The molecule has 2 atom stereocenters. The van der Waals surface area contributed by atoms with Crippen molar-refractivity contribution in [3.8, 4) is 0 Å². The zero-order chi connectivity index (χ0) is 16.8. The van der Waals surface area contributed by atoms with Crippen molar-refractivity contribution in [2.75, 3.05) is 19.6 Å². The molecule has 1 fully saturated rings. The molecule has 128 valence electrons. The third kappa shape index (κ3) is 5.48. The topological polar surface area (TPSA) is 52.6 Å². The van der Waals surface area contributed by atoms with Gasteiger partial charge in [0.1, 0.15) is 0 Å². The Morgan fingerprint density at radius 2 is 2.04 bits per heavy atom. The van der Waals surface area contributed by atoms with E-state index in [2.05, 4.69) is 16.3 Å². The molecule has 1 amide bonds. The minimum absolute atomic E-state index is 0.0862. The van der Waals surface area contributed by atoms with Crippen molar-refractivity contribution in [2.24, 2.45) is 5.92 Å². The summed E-state index contributed by atoms with van der Waals surface area (Å²) in [5, 5.41) is 13.5. The molecule has 1 heterocycles. The van der Waals surface area contributed by atoms with Crippen LogP contribution in [0.3, 0.4) is 0 Å². The minimum Gasteiger partial charge on any atom is -0.392 e. The summed E-state index contributed by atoms with van der Waals surface area (Å²) >= 11 is 6.12. The van der Waals surface area contributed by atoms with Gasteiger partial charge in [0.25, 0.3) is 0 Å². The number of nitrogens with one attached hydrogen (secondary N) is 1. The molecule has 0 aromatic heterocycles. The summed E-state index contributed by atoms with van der Waals surface area (Å²) in [5.74, 6) is -0.0134. The smallest absolute Gasteiger partial charge is 0.222 e. The molecular weight excluding hydrogens is 312 g/mol. The van der Waals surface area contributed by atoms with Gasteiger partial charge in [-0.25, -0.2) is 0 Å². The van der Waals surface area contributed by atoms with Crippen molar-refractivity contribution < 1.29 is 9.90 Å². The van der Waals surface area contributed by atoms with E-state index in [0.717, 1.165) is 18.7 Å². The van der Waals surface area contributed by atoms with Crippen LogP contribution in [0, 0.1) is 5.92 Å². The number of aliphatic hydroxyl groups excluding tert-OH is 1. The lowest BCUT2D eigenvalue weighted by molar-refractivity contribution is -0.123. The van der Waals surface area contributed by atoms with Crippen LogP contribution < -0.4 is 5.32 Å². The SMILES string of the molecule is CC(C)C(O)CC(=O)NCC(c1cccc(Cl)c1)N1CCCC1. The monoisotopic (exact) mass is 338 g/mol. The standard InChI is InChI=1S/C18H27ClN2O2/c1-13(2)17(22)11-18(23)20-12-16(21-8-3-4-9-21)14-6-5-7-15(19)10-14/h5-7,10,13,16-17,22H,3-4,8-9,11-12H2,1-2H3,(H,20,23). The Morgan fingerprint density at radius 3 is 2.65 bits per heavy atom. The van der Waals surface area contributed by atoms with Gasteiger partial charge in [-0.3, -0.25) is 9.69 Å². The molecule has 0 aliphatic carbocycles. The van der Waals surface area contributed by atoms with E-state index in [9.17, 15) is 9.90 Å². The van der Waals surface area contributed by atoms with Crippen LogP contribution in [0.2, 0.25) is 5.02 Å². The highest BCUT2D eigenvalue weighted by Crippen LogP contribution is 2.26. The number of halogens is 1. The number of likely N-dealkylation sites (tertiary alicyclic amines) is 1. The Bertz CT molecular complexity index is 515. The maximum Gasteiger partial charge on any atom is 0.222 e. The van der Waals surface area contributed by atoms with Gasteiger partial charge < -0.3 is 10.4 Å². The Labute approximate surface area is 143 Å². The second-order valence-corrected chi connectivity index (χ2v) is 7.07. The fraction of sp³-hybridized carbons (Fsp3) is 0.611. The first-order chi connectivity index (χ1) is 11.0. The van der Waals surface area contributed by atoms with Gasteiger partial charge >= 0.3 is 0 Å². The predicted octanol–water partition coefficient (Wildman–Crippen LogP) is 3.00. The van der Waals surface area contributed by atoms with E-state index in [4.69, 9.17) is 11.6 Å². The molecule has 23 heavy (non-hydrogen) atoms. The molecule has 5 heteroatoms. The van der Waals surface area contributed by atoms with E-state index in [1.54, 1.807) is 0 Å². The summed E-state index contributed by atoms with van der Waals surface area (Å²) in [5.41, 5.74) is 1.13. The zero-order valence-electron chi connectivity index (χ0n) is 14.0. The molecule has 2 unspecified atom stereocenters. The average molecular weight is 339 g/mol. The number of carbonyl (C=O) groups is 1. The van der Waals surface area contributed by atoms with E-state index in [0.29, 0.717) is 11.6 Å². The van der Waals surface area contributed by atoms with Gasteiger partial charge in [-0.05, 0) is 49.5 Å². The summed E-state index contributed by atoms with van der Waals surface area (Å²) < 4.78 is 0. The summed E-state index contributed by atoms with van der Waals surface area (Å²) in [6.45, 7) is 6.46. The van der Waals surface area contributed by atoms with Crippen LogP contribution in [0.5, 0.6) is 0 Å². The van der Waals surface area contributed by atoms with Crippen LogP contribution in [-0.2, 0) is 4.79 Å². The van der Waals surface area contributed by atoms with Crippen molar-refractivity contribution in [1.29, 1.82) is 0 Å². The third-order valence-corrected chi connectivity index (χ3v) is 4.71. The highest BCUT2D eigenvalue weighted by Gasteiger charge is 2.24. The number of amides is 1. The Kier molecular flexibility index (Phi) is 6.88. The van der Waals surface area contributed by atoms with Crippen LogP contribution in [0.25, 0.3) is 0 Å². The molecule has 0 saturated carbocycles. The normalized spacial score (nSPS) is 18.1. The molecule has 1 aromatic carbocycles. The number of benzene rings is 1. The first-order valence-electron chi connectivity index (χ1n) is 8.41. The van der Waals surface area contributed by atoms with E-state index >= 15 is 0 Å². The summed E-state index contributed by atoms with van der Waals surface area (Å²) in [7, 11) is 0. The first kappa shape index (κ1) is 18.2. The summed E-state index contributed by atoms with van der Waals surface area (Å²) in [6, 6.07) is 7.98. The number of carbonyl (C=O) groups excluding carboxylic acids is 1. The number of nitrogens with zero attached hydrogens (tertiary/aromatic N) is 1. The van der Waals surface area contributed by atoms with E-state index in [1.165, 1.54) is 12.8 Å². The van der Waals surface area contributed by atoms with Gasteiger partial charge in [0.15, 0.2) is 0 Å². The molecule has 0 spiro atoms. The van der Waals surface area contributed by atoms with Gasteiger partial charge in [0.05, 0.1) is 18.6 Å². The molecule has 2 rings (SSSR count). The van der Waals surface area contributed by atoms with E-state index in [-0.39, 0.29) is 24.3 Å². The van der Waals surface area contributed by atoms with Gasteiger partial charge in [-0.15, -0.1) is 0 Å². The third-order valence-electron chi connectivity index (χ3n) is 4.47. The fourth-order valence-corrected chi connectivity index (χ4v) is 3.13. The summed E-state index contributed by atoms with van der Waals surface area (Å²) in [4.78, 5) is 14.5. The van der Waals surface area contributed by atoms with Crippen molar-refractivity contribution >= 4 is 17.5 Å². The maximum absolute atomic E-state index is 12.1. The minimum atomic E-state index is -0.591. The van der Waals surface area contributed by atoms with Crippen LogP contribution in [-0.4, -0.2) is 41.7 Å². The quantitative estimate of drug-likeness (QED) is 0.803. The van der Waals surface area contributed by atoms with Gasteiger partial charge in [0, 0.05) is 11.6 Å². The molecule has 2 N–H and O–H groups in total. The van der Waals surface area contributed by atoms with Crippen LogP contribution in [0.1, 0.15) is 44.7 Å². The van der Waals surface area contributed by atoms with E-state index in [1.807, 2.05) is 32.0 Å². The lowest BCUT2D eigenvalue weighted by atomic mass is 10.0. The zero-order valence-corrected chi connectivity index (χ0v) is 14.7. The highest BCUT2D eigenvalue weighted by atomic mass is 35.5. The molecule has 0 bridgehead atoms. The van der Waals surface area contributed by atoms with Crippen molar-refractivity contribution in [2.45, 2.75) is 45.3 Å². The maximum atomic E-state index is 12.1. The van der Waals surface area contributed by atoms with Crippen LogP contribution in [0.15, 0.2) is 24.3 Å². The second-order valence-electron chi connectivity index (χ2n) is 6.63. The molecule has 1 aromatic rings. The van der Waals surface area contributed by atoms with Gasteiger partial charge in [-0.2, -0.15) is 0 Å². The molecule has 1 saturated heterocycles. The second kappa shape index (κ2) is 8.67. The first-order valence-corrected chi connectivity index (χ1v) is 8.79. The Balaban J connectivity index is 1.99. The molecule has 1 aliphatic rings. The van der Waals surface area contributed by atoms with Crippen molar-refractivity contribution in [1.82, 2.24) is 10.2 Å². The Hall–Kier alpha value is -1.10. The van der Waals surface area contributed by atoms with Crippen LogP contribution in [0.4, 0.5) is 0 Å². The molecule has 1 aliphatic heterocycles. The van der Waals surface area contributed by atoms with Crippen molar-refractivity contribution in [3.63, 3.8) is 0 Å². The number of hydrogen-bond donors (Lipinski definition) is 2. The van der Waals surface area contributed by atoms with Gasteiger partial charge in [-0.1, -0.05) is 37.6 Å². The predicted molar refractivity (Wildman–Crippen MR) is 93.5 cm³/mol. The average Bonchev–Trinajstić information content (AvgIpc) is 3.01. The lowest BCUT2D eigenvalue weighted by Crippen LogP contribution is -2.38. The largest absolute Gasteiger partial charge is 0.392 e. The lowest BCUT2D eigenvalue weighted by Gasteiger charge is -2.28. The van der Waals surface area contributed by atoms with Crippen LogP contribution >= 0.6 is 11.6 Å². The Morgan fingerprint density at radius 1 is 1.35 bits per heavy atom. The molecular formula is C18H27ClN2O2. The fourth-order valence-electron chi connectivity index (χ4n) is 2.93. The summed E-state index contributed by atoms with van der Waals surface area (Å²) in [6.07, 6.45) is 1.94. The highest BCUT2D eigenvalue weighted by molar-refractivity contribution is 6.30. The number of hydrogen-bond acceptors (Lipinski definition) is 3. The molecule has 4 nitrogen and oxygen atoms in total.